The first-order valence-electron chi connectivity index (χ1n) is 10.7. The van der Waals surface area contributed by atoms with Gasteiger partial charge in [0.25, 0.3) is 0 Å². The number of aromatic nitrogens is 1. The van der Waals surface area contributed by atoms with Gasteiger partial charge in [-0.2, -0.15) is 5.26 Å². The molecule has 1 aliphatic rings. The molecule has 0 saturated carbocycles. The van der Waals surface area contributed by atoms with Crippen LogP contribution in [0.2, 0.25) is 0 Å². The molecular weight excluding hydrogens is 436 g/mol. The van der Waals surface area contributed by atoms with Gasteiger partial charge < -0.3 is 14.5 Å². The lowest BCUT2D eigenvalue weighted by molar-refractivity contribution is 0.411. The summed E-state index contributed by atoms with van der Waals surface area (Å²) in [6, 6.07) is 18.8. The third-order valence-electron chi connectivity index (χ3n) is 5.97. The van der Waals surface area contributed by atoms with Gasteiger partial charge in [-0.05, 0) is 61.4 Å². The van der Waals surface area contributed by atoms with Crippen molar-refractivity contribution in [1.82, 2.24) is 4.98 Å². The summed E-state index contributed by atoms with van der Waals surface area (Å²) in [5.41, 5.74) is 3.51. The van der Waals surface area contributed by atoms with Crippen LogP contribution in [0.15, 0.2) is 71.9 Å². The molecule has 0 unspecified atom stereocenters. The van der Waals surface area contributed by atoms with E-state index in [1.54, 1.807) is 31.6 Å². The van der Waals surface area contributed by atoms with Gasteiger partial charge in [-0.15, -0.1) is 0 Å². The number of nitrogens with zero attached hydrogens (tertiary/aromatic N) is 4. The second-order valence-electron chi connectivity index (χ2n) is 8.06. The van der Waals surface area contributed by atoms with Gasteiger partial charge in [0.15, 0.2) is 9.84 Å². The number of sulfone groups is 1. The monoisotopic (exact) mass is 462 g/mol. The largest absolute Gasteiger partial charge is 0.494 e. The van der Waals surface area contributed by atoms with Crippen molar-refractivity contribution in [2.45, 2.75) is 23.8 Å². The van der Waals surface area contributed by atoms with Crippen LogP contribution < -0.4 is 14.5 Å². The van der Waals surface area contributed by atoms with Crippen LogP contribution in [0.4, 0.5) is 17.1 Å². The van der Waals surface area contributed by atoms with Crippen LogP contribution in [0.1, 0.15) is 18.4 Å². The molecule has 8 heteroatoms. The smallest absolute Gasteiger partial charge is 0.175 e. The van der Waals surface area contributed by atoms with E-state index in [1.807, 2.05) is 42.5 Å². The first-order chi connectivity index (χ1) is 15.9. The van der Waals surface area contributed by atoms with Gasteiger partial charge in [-0.3, -0.25) is 4.98 Å². The van der Waals surface area contributed by atoms with Crippen LogP contribution in [0.25, 0.3) is 0 Å². The van der Waals surface area contributed by atoms with Crippen molar-refractivity contribution in [2.75, 3.05) is 36.3 Å². The highest BCUT2D eigenvalue weighted by molar-refractivity contribution is 7.90. The normalized spacial score (nSPS) is 14.5. The maximum atomic E-state index is 11.9. The van der Waals surface area contributed by atoms with Gasteiger partial charge in [0, 0.05) is 49.0 Å². The zero-order valence-electron chi connectivity index (χ0n) is 18.7. The molecule has 1 fully saturated rings. The van der Waals surface area contributed by atoms with Crippen LogP contribution in [0, 0.1) is 11.3 Å². The van der Waals surface area contributed by atoms with Gasteiger partial charge in [0.05, 0.1) is 29.8 Å². The SMILES string of the molecule is COc1ccncc1N(c1ccc(S(C)(=O)=O)cc1)C1CCN(c2ccc(C#N)cc2)CC1. The fraction of sp³-hybridized carbons (Fsp3) is 0.280. The van der Waals surface area contributed by atoms with Gasteiger partial charge >= 0.3 is 0 Å². The summed E-state index contributed by atoms with van der Waals surface area (Å²) in [7, 11) is -1.64. The number of hydrogen-bond acceptors (Lipinski definition) is 7. The zero-order chi connectivity index (χ0) is 23.4. The Morgan fingerprint density at radius 2 is 1.73 bits per heavy atom. The number of methoxy groups -OCH3 is 1. The molecule has 1 saturated heterocycles. The van der Waals surface area contributed by atoms with E-state index in [0.29, 0.717) is 16.2 Å². The van der Waals surface area contributed by atoms with Crippen molar-refractivity contribution in [3.05, 3.63) is 72.6 Å². The van der Waals surface area contributed by atoms with Crippen LogP contribution in [-0.4, -0.2) is 45.9 Å². The standard InChI is InChI=1S/C25H26N4O3S/c1-32-25-11-14-27-18-24(25)29(21-7-9-23(10-8-21)33(2,30)31)22-12-15-28(16-13-22)20-5-3-19(17-26)4-6-20/h3-11,14,18,22H,12-13,15-16H2,1-2H3. The average Bonchev–Trinajstić information content (AvgIpc) is 2.85. The summed E-state index contributed by atoms with van der Waals surface area (Å²) in [5, 5.41) is 9.04. The average molecular weight is 463 g/mol. The molecule has 1 aromatic heterocycles. The topological polar surface area (TPSA) is 86.5 Å². The molecule has 3 aromatic rings. The summed E-state index contributed by atoms with van der Waals surface area (Å²) in [6.45, 7) is 1.72. The van der Waals surface area contributed by atoms with Gasteiger partial charge in [0.2, 0.25) is 0 Å². The number of hydrogen-bond donors (Lipinski definition) is 0. The molecule has 33 heavy (non-hydrogen) atoms. The minimum atomic E-state index is -3.27. The molecule has 0 bridgehead atoms. The Bertz CT molecular complexity index is 1240. The lowest BCUT2D eigenvalue weighted by Crippen LogP contribution is -2.43. The number of anilines is 3. The number of nitriles is 1. The van der Waals surface area contributed by atoms with Crippen molar-refractivity contribution in [3.63, 3.8) is 0 Å². The molecule has 4 rings (SSSR count). The number of ether oxygens (including phenoxy) is 1. The van der Waals surface area contributed by atoms with Gasteiger partial charge in [0.1, 0.15) is 11.4 Å². The highest BCUT2D eigenvalue weighted by atomic mass is 32.2. The second kappa shape index (κ2) is 9.51. The Balaban J connectivity index is 1.62. The molecule has 0 amide bonds. The molecular formula is C25H26N4O3S. The molecule has 0 atom stereocenters. The number of piperidine rings is 1. The van der Waals surface area contributed by atoms with Crippen LogP contribution in [-0.2, 0) is 9.84 Å². The summed E-state index contributed by atoms with van der Waals surface area (Å²) in [6.07, 6.45) is 6.48. The van der Waals surface area contributed by atoms with Crippen molar-refractivity contribution >= 4 is 26.9 Å². The minimum absolute atomic E-state index is 0.182. The van der Waals surface area contributed by atoms with Crippen molar-refractivity contribution in [3.8, 4) is 11.8 Å². The predicted molar refractivity (Wildman–Crippen MR) is 129 cm³/mol. The van der Waals surface area contributed by atoms with E-state index in [2.05, 4.69) is 20.9 Å². The van der Waals surface area contributed by atoms with E-state index < -0.39 is 9.84 Å². The van der Waals surface area contributed by atoms with Crippen molar-refractivity contribution < 1.29 is 13.2 Å². The molecule has 170 valence electrons. The maximum absolute atomic E-state index is 11.9. The van der Waals surface area contributed by atoms with Crippen LogP contribution >= 0.6 is 0 Å². The van der Waals surface area contributed by atoms with Crippen LogP contribution in [0.5, 0.6) is 5.75 Å². The molecule has 0 aliphatic carbocycles. The summed E-state index contributed by atoms with van der Waals surface area (Å²) in [4.78, 5) is 9.13. The van der Waals surface area contributed by atoms with E-state index in [-0.39, 0.29) is 6.04 Å². The van der Waals surface area contributed by atoms with E-state index in [0.717, 1.165) is 43.0 Å². The highest BCUT2D eigenvalue weighted by Gasteiger charge is 2.28. The maximum Gasteiger partial charge on any atom is 0.175 e. The summed E-state index contributed by atoms with van der Waals surface area (Å²) in [5.74, 6) is 0.715. The fourth-order valence-corrected chi connectivity index (χ4v) is 4.89. The lowest BCUT2D eigenvalue weighted by Gasteiger charge is -2.41. The number of benzene rings is 2. The predicted octanol–water partition coefficient (Wildman–Crippen LogP) is 4.17. The molecule has 0 radical (unpaired) electrons. The fourth-order valence-electron chi connectivity index (χ4n) is 4.26. The molecule has 2 heterocycles. The quantitative estimate of drug-likeness (QED) is 0.543. The summed E-state index contributed by atoms with van der Waals surface area (Å²) < 4.78 is 29.5. The highest BCUT2D eigenvalue weighted by Crippen LogP contribution is 2.38. The Morgan fingerprint density at radius 3 is 2.30 bits per heavy atom. The van der Waals surface area contributed by atoms with Crippen molar-refractivity contribution in [2.24, 2.45) is 0 Å². The number of rotatable bonds is 6. The Kier molecular flexibility index (Phi) is 6.52. The van der Waals surface area contributed by atoms with E-state index in [9.17, 15) is 8.42 Å². The van der Waals surface area contributed by atoms with Gasteiger partial charge in [-0.25, -0.2) is 8.42 Å². The Labute approximate surface area is 194 Å². The van der Waals surface area contributed by atoms with E-state index in [1.165, 1.54) is 6.26 Å². The lowest BCUT2D eigenvalue weighted by atomic mass is 10.0. The minimum Gasteiger partial charge on any atom is -0.494 e. The molecule has 1 aliphatic heterocycles. The third-order valence-corrected chi connectivity index (χ3v) is 7.10. The number of pyridine rings is 1. The van der Waals surface area contributed by atoms with Crippen LogP contribution in [0.3, 0.4) is 0 Å². The van der Waals surface area contributed by atoms with E-state index in [4.69, 9.17) is 10.00 Å². The molecule has 0 N–H and O–H groups in total. The second-order valence-corrected chi connectivity index (χ2v) is 10.1. The zero-order valence-corrected chi connectivity index (χ0v) is 19.5. The Morgan fingerprint density at radius 1 is 1.06 bits per heavy atom. The first-order valence-corrected chi connectivity index (χ1v) is 12.6. The molecule has 0 spiro atoms. The summed E-state index contributed by atoms with van der Waals surface area (Å²) >= 11 is 0. The molecule has 7 nitrogen and oxygen atoms in total. The van der Waals surface area contributed by atoms with Gasteiger partial charge in [-0.1, -0.05) is 0 Å². The van der Waals surface area contributed by atoms with E-state index >= 15 is 0 Å². The first kappa shape index (κ1) is 22.6. The Hall–Kier alpha value is -3.57. The molecule has 2 aromatic carbocycles. The third kappa shape index (κ3) is 4.94. The van der Waals surface area contributed by atoms with Crippen molar-refractivity contribution in [1.29, 1.82) is 5.26 Å².